The molecule has 0 saturated carbocycles. The van der Waals surface area contributed by atoms with Crippen LogP contribution in [0.5, 0.6) is 5.75 Å². The summed E-state index contributed by atoms with van der Waals surface area (Å²) < 4.78 is 6.20. The molecule has 39 heavy (non-hydrogen) atoms. The molecule has 3 aliphatic rings. The van der Waals surface area contributed by atoms with Crippen molar-refractivity contribution in [2.45, 2.75) is 57.3 Å². The number of carbonyl (C=O) groups is 2. The van der Waals surface area contributed by atoms with E-state index >= 15 is 0 Å². The van der Waals surface area contributed by atoms with Crippen molar-refractivity contribution in [3.8, 4) is 5.75 Å². The number of likely N-dealkylation sites (tertiary alicyclic amines) is 1. The van der Waals surface area contributed by atoms with Crippen molar-refractivity contribution < 1.29 is 14.3 Å². The maximum absolute atomic E-state index is 13.1. The van der Waals surface area contributed by atoms with Crippen molar-refractivity contribution in [1.82, 2.24) is 20.1 Å². The number of carbonyl (C=O) groups excluding carboxylic acids is 2. The molecule has 2 fully saturated rings. The highest BCUT2D eigenvalue weighted by Crippen LogP contribution is 2.34. The van der Waals surface area contributed by atoms with Crippen molar-refractivity contribution in [2.24, 2.45) is 0 Å². The van der Waals surface area contributed by atoms with Crippen LogP contribution in [-0.2, 0) is 24.5 Å². The topological polar surface area (TPSA) is 74.8 Å². The fraction of sp³-hybridized carbons (Fsp3) is 0.344. The summed E-state index contributed by atoms with van der Waals surface area (Å²) in [6.07, 6.45) is 7.45. The first-order valence-electron chi connectivity index (χ1n) is 13.8. The lowest BCUT2D eigenvalue weighted by Crippen LogP contribution is -2.49. The minimum atomic E-state index is -0.475. The predicted molar refractivity (Wildman–Crippen MR) is 149 cm³/mol. The van der Waals surface area contributed by atoms with Gasteiger partial charge in [-0.1, -0.05) is 43.0 Å². The summed E-state index contributed by atoms with van der Waals surface area (Å²) in [6, 6.07) is 17.9. The number of nitrogens with one attached hydrogen (secondary N) is 1. The Bertz CT molecular complexity index is 1360. The lowest BCUT2D eigenvalue weighted by atomic mass is 9.90. The van der Waals surface area contributed by atoms with E-state index in [1.807, 2.05) is 36.7 Å². The van der Waals surface area contributed by atoms with E-state index in [4.69, 9.17) is 4.74 Å². The number of piperidine rings is 2. The highest BCUT2D eigenvalue weighted by Gasteiger charge is 2.39. The molecule has 2 aromatic carbocycles. The monoisotopic (exact) mass is 522 g/mol. The average molecular weight is 523 g/mol. The molecular formula is C32H34N4O3. The Morgan fingerprint density at radius 3 is 2.51 bits per heavy atom. The van der Waals surface area contributed by atoms with E-state index < -0.39 is 6.04 Å². The third-order valence-corrected chi connectivity index (χ3v) is 8.22. The summed E-state index contributed by atoms with van der Waals surface area (Å²) in [5.74, 6) is 1.03. The van der Waals surface area contributed by atoms with Crippen LogP contribution in [0.25, 0.3) is 0 Å². The zero-order chi connectivity index (χ0) is 26.8. The van der Waals surface area contributed by atoms with Crippen LogP contribution >= 0.6 is 0 Å². The number of fused-ring (bicyclic) bond motifs is 1. The van der Waals surface area contributed by atoms with Crippen LogP contribution in [-0.4, -0.2) is 45.7 Å². The van der Waals surface area contributed by atoms with Gasteiger partial charge in [0.25, 0.3) is 5.91 Å². The minimum absolute atomic E-state index is 0.114. The molecule has 6 rings (SSSR count). The molecule has 2 saturated heterocycles. The second-order valence-electron chi connectivity index (χ2n) is 10.8. The minimum Gasteiger partial charge on any atom is -0.489 e. The van der Waals surface area contributed by atoms with Crippen molar-refractivity contribution in [3.63, 3.8) is 0 Å². The van der Waals surface area contributed by atoms with Crippen LogP contribution in [0.3, 0.4) is 0 Å². The Morgan fingerprint density at radius 2 is 1.77 bits per heavy atom. The number of nitrogens with zero attached hydrogens (tertiary/aromatic N) is 3. The normalized spacial score (nSPS) is 20.2. The molecule has 1 aromatic heterocycles. The van der Waals surface area contributed by atoms with E-state index in [0.29, 0.717) is 48.9 Å². The third-order valence-electron chi connectivity index (χ3n) is 8.22. The number of allylic oxidation sites excluding steroid dienone is 1. The van der Waals surface area contributed by atoms with Gasteiger partial charge in [0.05, 0.1) is 6.54 Å². The first kappa shape index (κ1) is 25.3. The predicted octanol–water partition coefficient (Wildman–Crippen LogP) is 4.79. The molecule has 1 unspecified atom stereocenters. The number of amides is 2. The second-order valence-corrected chi connectivity index (χ2v) is 10.8. The van der Waals surface area contributed by atoms with E-state index in [2.05, 4.69) is 52.1 Å². The van der Waals surface area contributed by atoms with Gasteiger partial charge in [-0.3, -0.25) is 19.5 Å². The zero-order valence-corrected chi connectivity index (χ0v) is 22.1. The fourth-order valence-corrected chi connectivity index (χ4v) is 5.97. The second kappa shape index (κ2) is 11.0. The van der Waals surface area contributed by atoms with Gasteiger partial charge in [-0.15, -0.1) is 0 Å². The molecule has 1 atom stereocenters. The maximum atomic E-state index is 13.1. The van der Waals surface area contributed by atoms with Crippen LogP contribution in [0.2, 0.25) is 0 Å². The first-order chi connectivity index (χ1) is 19.0. The third kappa shape index (κ3) is 5.45. The molecular weight excluding hydrogens is 488 g/mol. The summed E-state index contributed by atoms with van der Waals surface area (Å²) in [5, 5.41) is 2.79. The van der Waals surface area contributed by atoms with Gasteiger partial charge in [0.1, 0.15) is 18.4 Å². The van der Waals surface area contributed by atoms with E-state index in [-0.39, 0.29) is 11.8 Å². The number of pyridine rings is 1. The molecule has 2 amide bonds. The summed E-state index contributed by atoms with van der Waals surface area (Å²) >= 11 is 0. The molecule has 7 heteroatoms. The van der Waals surface area contributed by atoms with Gasteiger partial charge in [-0.25, -0.2) is 0 Å². The summed E-state index contributed by atoms with van der Waals surface area (Å²) in [5.41, 5.74) is 5.92. The van der Waals surface area contributed by atoms with E-state index in [0.717, 1.165) is 30.8 Å². The molecule has 3 aliphatic heterocycles. The standard InChI is InChI=1S/C32H34N4O3/c1-22-7-12-29(31(37)34-22)36-20-28-27(32(36)38)5-2-6-30(28)39-21-24-10-8-23(9-11-24)19-35-16-13-25(14-17-35)26-4-3-15-33-18-26/h2-6,8-11,15,18,25,29H,1,7,12-14,16-17,19-21H2,(H,34,37). The van der Waals surface area contributed by atoms with E-state index in [1.165, 1.54) is 24.0 Å². The van der Waals surface area contributed by atoms with Gasteiger partial charge in [-0.05, 0) is 79.6 Å². The molecule has 1 N–H and O–H groups in total. The van der Waals surface area contributed by atoms with Crippen LogP contribution in [0.15, 0.2) is 79.3 Å². The van der Waals surface area contributed by atoms with Crippen LogP contribution in [0, 0.1) is 0 Å². The highest BCUT2D eigenvalue weighted by atomic mass is 16.5. The average Bonchev–Trinajstić information content (AvgIpc) is 3.30. The Labute approximate surface area is 229 Å². The fourth-order valence-electron chi connectivity index (χ4n) is 5.97. The molecule has 3 aromatic rings. The van der Waals surface area contributed by atoms with Gasteiger partial charge in [0, 0.05) is 35.8 Å². The van der Waals surface area contributed by atoms with Crippen molar-refractivity contribution >= 4 is 11.8 Å². The first-order valence-corrected chi connectivity index (χ1v) is 13.8. The summed E-state index contributed by atoms with van der Waals surface area (Å²) in [6.45, 7) is 7.78. The van der Waals surface area contributed by atoms with Gasteiger partial charge in [0.15, 0.2) is 0 Å². The SMILES string of the molecule is C=C1CCC(N2Cc3c(OCc4ccc(CN5CCC(c6cccnc6)CC5)cc4)cccc3C2=O)C(=O)N1. The molecule has 0 radical (unpaired) electrons. The summed E-state index contributed by atoms with van der Waals surface area (Å²) in [4.78, 5) is 34.1. The molecule has 0 bridgehead atoms. The van der Waals surface area contributed by atoms with Crippen LogP contribution in [0.1, 0.15) is 64.2 Å². The lowest BCUT2D eigenvalue weighted by Gasteiger charge is -2.32. The van der Waals surface area contributed by atoms with Crippen LogP contribution in [0.4, 0.5) is 0 Å². The number of benzene rings is 2. The number of ether oxygens (including phenoxy) is 1. The largest absolute Gasteiger partial charge is 0.489 e. The highest BCUT2D eigenvalue weighted by molar-refractivity contribution is 6.02. The molecule has 0 aliphatic carbocycles. The number of aromatic nitrogens is 1. The zero-order valence-electron chi connectivity index (χ0n) is 22.1. The smallest absolute Gasteiger partial charge is 0.255 e. The van der Waals surface area contributed by atoms with Crippen molar-refractivity contribution in [3.05, 3.63) is 107 Å². The molecule has 0 spiro atoms. The van der Waals surface area contributed by atoms with Gasteiger partial charge < -0.3 is 15.0 Å². The van der Waals surface area contributed by atoms with Crippen molar-refractivity contribution in [1.29, 1.82) is 0 Å². The van der Waals surface area contributed by atoms with Gasteiger partial charge in [0.2, 0.25) is 5.91 Å². The van der Waals surface area contributed by atoms with E-state index in [9.17, 15) is 9.59 Å². The Morgan fingerprint density at radius 1 is 0.974 bits per heavy atom. The van der Waals surface area contributed by atoms with Crippen LogP contribution < -0.4 is 10.1 Å². The quantitative estimate of drug-likeness (QED) is 0.483. The van der Waals surface area contributed by atoms with Gasteiger partial charge in [-0.2, -0.15) is 0 Å². The molecule has 200 valence electrons. The summed E-state index contributed by atoms with van der Waals surface area (Å²) in [7, 11) is 0. The Balaban J connectivity index is 1.03. The van der Waals surface area contributed by atoms with E-state index in [1.54, 1.807) is 4.90 Å². The number of hydrogen-bond donors (Lipinski definition) is 1. The molecule has 7 nitrogen and oxygen atoms in total. The lowest BCUT2D eigenvalue weighted by molar-refractivity contribution is -0.126. The molecule has 4 heterocycles. The van der Waals surface area contributed by atoms with Gasteiger partial charge >= 0.3 is 0 Å². The Hall–Kier alpha value is -3.97. The number of rotatable bonds is 7. The van der Waals surface area contributed by atoms with Crippen molar-refractivity contribution in [2.75, 3.05) is 13.1 Å². The number of hydrogen-bond acceptors (Lipinski definition) is 5. The maximum Gasteiger partial charge on any atom is 0.255 e. The Kier molecular flexibility index (Phi) is 7.16.